The van der Waals surface area contributed by atoms with Crippen LogP contribution in [0.4, 0.5) is 17.1 Å². The Hall–Kier alpha value is -1.32. The molecule has 0 heterocycles. The van der Waals surface area contributed by atoms with E-state index in [2.05, 4.69) is 17.4 Å². The molecule has 0 radical (unpaired) electrons. The molecule has 2 nitrogen and oxygen atoms in total. The highest BCUT2D eigenvalue weighted by molar-refractivity contribution is 7.98. The summed E-state index contributed by atoms with van der Waals surface area (Å²) >= 11 is 7.80. The molecule has 0 amide bonds. The van der Waals surface area contributed by atoms with Crippen molar-refractivity contribution in [3.8, 4) is 0 Å². The van der Waals surface area contributed by atoms with Gasteiger partial charge in [-0.15, -0.1) is 11.8 Å². The average Bonchev–Trinajstić information content (AvgIpc) is 2.34. The number of hydrogen-bond donors (Lipinski definition) is 2. The van der Waals surface area contributed by atoms with Gasteiger partial charge in [-0.3, -0.25) is 0 Å². The van der Waals surface area contributed by atoms with Gasteiger partial charge in [0, 0.05) is 10.6 Å². The van der Waals surface area contributed by atoms with Crippen LogP contribution in [0.2, 0.25) is 5.02 Å². The van der Waals surface area contributed by atoms with Gasteiger partial charge in [0.25, 0.3) is 0 Å². The van der Waals surface area contributed by atoms with Crippen LogP contribution in [0.3, 0.4) is 0 Å². The molecule has 0 saturated carbocycles. The van der Waals surface area contributed by atoms with Gasteiger partial charge in [0.05, 0.1) is 16.4 Å². The van der Waals surface area contributed by atoms with E-state index < -0.39 is 0 Å². The van der Waals surface area contributed by atoms with Crippen LogP contribution < -0.4 is 11.1 Å². The van der Waals surface area contributed by atoms with Crippen molar-refractivity contribution in [1.82, 2.24) is 0 Å². The Morgan fingerprint density at radius 3 is 2.65 bits per heavy atom. The number of para-hydroxylation sites is 1. The van der Waals surface area contributed by atoms with Crippen LogP contribution >= 0.6 is 23.4 Å². The Labute approximate surface area is 110 Å². The quantitative estimate of drug-likeness (QED) is 0.638. The minimum atomic E-state index is 0.625. The number of anilines is 3. The molecular weight excluding hydrogens is 252 g/mol. The summed E-state index contributed by atoms with van der Waals surface area (Å²) in [5.41, 5.74) is 8.27. The topological polar surface area (TPSA) is 38.0 Å². The molecule has 0 fully saturated rings. The van der Waals surface area contributed by atoms with Crippen molar-refractivity contribution < 1.29 is 0 Å². The molecular formula is C13H13ClN2S. The van der Waals surface area contributed by atoms with Crippen molar-refractivity contribution >= 4 is 40.4 Å². The maximum absolute atomic E-state index is 6.11. The van der Waals surface area contributed by atoms with Crippen molar-refractivity contribution in [2.24, 2.45) is 0 Å². The lowest BCUT2D eigenvalue weighted by Gasteiger charge is -2.11. The maximum atomic E-state index is 6.11. The van der Waals surface area contributed by atoms with Crippen LogP contribution in [0.5, 0.6) is 0 Å². The second kappa shape index (κ2) is 5.34. The largest absolute Gasteiger partial charge is 0.397 e. The molecule has 0 atom stereocenters. The number of benzene rings is 2. The lowest BCUT2D eigenvalue weighted by atomic mass is 10.2. The number of halogens is 1. The van der Waals surface area contributed by atoms with Gasteiger partial charge >= 0.3 is 0 Å². The van der Waals surface area contributed by atoms with Gasteiger partial charge in [-0.2, -0.15) is 0 Å². The summed E-state index contributed by atoms with van der Waals surface area (Å²) in [4.78, 5) is 1.20. The summed E-state index contributed by atoms with van der Waals surface area (Å²) in [5, 5.41) is 3.87. The first kappa shape index (κ1) is 12.1. The normalized spacial score (nSPS) is 10.2. The molecule has 3 N–H and O–H groups in total. The van der Waals surface area contributed by atoms with E-state index in [1.807, 2.05) is 36.6 Å². The zero-order valence-electron chi connectivity index (χ0n) is 9.41. The Kier molecular flexibility index (Phi) is 3.82. The SMILES string of the molecule is CSc1cccc(Nc2c(N)cccc2Cl)c1. The van der Waals surface area contributed by atoms with Gasteiger partial charge in [-0.05, 0) is 36.6 Å². The van der Waals surface area contributed by atoms with Gasteiger partial charge in [0.2, 0.25) is 0 Å². The van der Waals surface area contributed by atoms with Gasteiger partial charge in [-0.25, -0.2) is 0 Å². The third kappa shape index (κ3) is 2.87. The van der Waals surface area contributed by atoms with Crippen LogP contribution in [-0.2, 0) is 0 Å². The lowest BCUT2D eigenvalue weighted by Crippen LogP contribution is -1.96. The van der Waals surface area contributed by atoms with E-state index >= 15 is 0 Å². The standard InChI is InChI=1S/C13H13ClN2S/c1-17-10-5-2-4-9(8-10)16-13-11(14)6-3-7-12(13)15/h2-8,16H,15H2,1H3. The molecule has 0 unspecified atom stereocenters. The predicted octanol–water partition coefficient (Wildman–Crippen LogP) is 4.39. The Morgan fingerprint density at radius 2 is 1.94 bits per heavy atom. The van der Waals surface area contributed by atoms with E-state index in [-0.39, 0.29) is 0 Å². The summed E-state index contributed by atoms with van der Waals surface area (Å²) in [6.07, 6.45) is 2.04. The second-order valence-corrected chi connectivity index (χ2v) is 4.85. The van der Waals surface area contributed by atoms with E-state index in [0.717, 1.165) is 11.4 Å². The van der Waals surface area contributed by atoms with Crippen molar-refractivity contribution in [3.05, 3.63) is 47.5 Å². The Morgan fingerprint density at radius 1 is 1.18 bits per heavy atom. The zero-order chi connectivity index (χ0) is 12.3. The molecule has 2 rings (SSSR count). The number of thioether (sulfide) groups is 1. The first-order chi connectivity index (χ1) is 8.20. The van der Waals surface area contributed by atoms with Crippen molar-refractivity contribution in [3.63, 3.8) is 0 Å². The average molecular weight is 265 g/mol. The third-order valence-corrected chi connectivity index (χ3v) is 3.43. The molecule has 2 aromatic rings. The highest BCUT2D eigenvalue weighted by atomic mass is 35.5. The highest BCUT2D eigenvalue weighted by Gasteiger charge is 2.04. The summed E-state index contributed by atoms with van der Waals surface area (Å²) in [6, 6.07) is 13.6. The molecule has 4 heteroatoms. The first-order valence-corrected chi connectivity index (χ1v) is 6.76. The molecule has 2 aromatic carbocycles. The van der Waals surface area contributed by atoms with Crippen LogP contribution in [0, 0.1) is 0 Å². The number of rotatable bonds is 3. The predicted molar refractivity (Wildman–Crippen MR) is 77.4 cm³/mol. The number of hydrogen-bond acceptors (Lipinski definition) is 3. The number of nitrogens with one attached hydrogen (secondary N) is 1. The molecule has 0 aliphatic heterocycles. The summed E-state index contributed by atoms with van der Waals surface area (Å²) in [5.74, 6) is 0. The number of nitrogen functional groups attached to an aromatic ring is 1. The minimum absolute atomic E-state index is 0.625. The maximum Gasteiger partial charge on any atom is 0.0807 e. The highest BCUT2D eigenvalue weighted by Crippen LogP contribution is 2.31. The molecule has 88 valence electrons. The van der Waals surface area contributed by atoms with Crippen LogP contribution in [0.25, 0.3) is 0 Å². The molecule has 0 aromatic heterocycles. The van der Waals surface area contributed by atoms with Crippen molar-refractivity contribution in [2.75, 3.05) is 17.3 Å². The van der Waals surface area contributed by atoms with Gasteiger partial charge < -0.3 is 11.1 Å². The summed E-state index contributed by atoms with van der Waals surface area (Å²) in [7, 11) is 0. The lowest BCUT2D eigenvalue weighted by molar-refractivity contribution is 1.44. The van der Waals surface area contributed by atoms with Crippen LogP contribution in [0.15, 0.2) is 47.4 Å². The first-order valence-electron chi connectivity index (χ1n) is 5.16. The number of nitrogens with two attached hydrogens (primary N) is 1. The van der Waals surface area contributed by atoms with E-state index in [1.165, 1.54) is 4.90 Å². The molecule has 0 spiro atoms. The van der Waals surface area contributed by atoms with E-state index in [4.69, 9.17) is 17.3 Å². The Balaban J connectivity index is 2.31. The fourth-order valence-electron chi connectivity index (χ4n) is 1.52. The van der Waals surface area contributed by atoms with Gasteiger partial charge in [0.1, 0.15) is 0 Å². The molecule has 17 heavy (non-hydrogen) atoms. The third-order valence-electron chi connectivity index (χ3n) is 2.38. The van der Waals surface area contributed by atoms with Gasteiger partial charge in [-0.1, -0.05) is 23.7 Å². The van der Waals surface area contributed by atoms with Gasteiger partial charge in [0.15, 0.2) is 0 Å². The Bertz CT molecular complexity index is 508. The monoisotopic (exact) mass is 264 g/mol. The molecule has 0 aliphatic carbocycles. The van der Waals surface area contributed by atoms with Crippen LogP contribution in [0.1, 0.15) is 0 Å². The van der Waals surface area contributed by atoms with Crippen molar-refractivity contribution in [1.29, 1.82) is 0 Å². The fourth-order valence-corrected chi connectivity index (χ4v) is 2.21. The van der Waals surface area contributed by atoms with E-state index in [1.54, 1.807) is 11.8 Å². The van der Waals surface area contributed by atoms with Crippen molar-refractivity contribution in [2.45, 2.75) is 4.90 Å². The van der Waals surface area contributed by atoms with E-state index in [9.17, 15) is 0 Å². The minimum Gasteiger partial charge on any atom is -0.397 e. The molecule has 0 aliphatic rings. The zero-order valence-corrected chi connectivity index (χ0v) is 11.0. The summed E-state index contributed by atoms with van der Waals surface area (Å²) in [6.45, 7) is 0. The summed E-state index contributed by atoms with van der Waals surface area (Å²) < 4.78 is 0. The molecule has 0 saturated heterocycles. The van der Waals surface area contributed by atoms with Crippen LogP contribution in [-0.4, -0.2) is 6.26 Å². The second-order valence-electron chi connectivity index (χ2n) is 3.56. The fraction of sp³-hybridized carbons (Fsp3) is 0.0769. The van der Waals surface area contributed by atoms with E-state index in [0.29, 0.717) is 10.7 Å². The molecule has 0 bridgehead atoms. The smallest absolute Gasteiger partial charge is 0.0807 e.